The van der Waals surface area contributed by atoms with E-state index in [-0.39, 0.29) is 23.2 Å². The van der Waals surface area contributed by atoms with E-state index in [0.29, 0.717) is 50.3 Å². The van der Waals surface area contributed by atoms with Crippen molar-refractivity contribution < 1.29 is 18.7 Å². The summed E-state index contributed by atoms with van der Waals surface area (Å²) in [6.45, 7) is 3.74. The van der Waals surface area contributed by atoms with Gasteiger partial charge in [-0.3, -0.25) is 0 Å². The summed E-state index contributed by atoms with van der Waals surface area (Å²) in [5, 5.41) is 6.56. The fraction of sp³-hybridized carbons (Fsp3) is 0.542. The van der Waals surface area contributed by atoms with Crippen molar-refractivity contribution in [3.05, 3.63) is 46.5 Å². The van der Waals surface area contributed by atoms with Crippen LogP contribution in [0.4, 0.5) is 15.1 Å². The number of likely N-dealkylation sites (tertiary alicyclic amines) is 1. The van der Waals surface area contributed by atoms with Crippen LogP contribution < -0.4 is 15.4 Å². The normalized spacial score (nSPS) is 23.1. The molecule has 0 saturated carbocycles. The van der Waals surface area contributed by atoms with Crippen LogP contribution in [-0.4, -0.2) is 83.9 Å². The van der Waals surface area contributed by atoms with Gasteiger partial charge in [-0.1, -0.05) is 11.6 Å². The standard InChI is InChI=1S/C24H30ClFN6O3/c1-31-12-21(22(14-31)35-17-2-3-18(25)19(26)10-17)30-24(33)32-7-4-15-11-27-23(29-20(15)13-32)28-16-5-8-34-9-6-16/h2-3,10-11,16,21-22H,4-9,12-14H2,1H3,(H,30,33)(H,27,28,29)/t21-,22+/m1/s1. The Morgan fingerprint density at radius 1 is 1.29 bits per heavy atom. The predicted molar refractivity (Wildman–Crippen MR) is 129 cm³/mol. The molecule has 0 unspecified atom stereocenters. The molecule has 2 N–H and O–H groups in total. The van der Waals surface area contributed by atoms with Crippen LogP contribution in [0.3, 0.4) is 0 Å². The van der Waals surface area contributed by atoms with Crippen LogP contribution in [0.2, 0.25) is 5.02 Å². The van der Waals surface area contributed by atoms with Crippen molar-refractivity contribution in [1.82, 2.24) is 25.1 Å². The van der Waals surface area contributed by atoms with Gasteiger partial charge >= 0.3 is 6.03 Å². The maximum atomic E-state index is 13.8. The van der Waals surface area contributed by atoms with Crippen LogP contribution in [0.15, 0.2) is 24.4 Å². The summed E-state index contributed by atoms with van der Waals surface area (Å²) in [7, 11) is 1.96. The van der Waals surface area contributed by atoms with Crippen molar-refractivity contribution in [2.45, 2.75) is 44.0 Å². The van der Waals surface area contributed by atoms with Crippen molar-refractivity contribution in [3.63, 3.8) is 0 Å². The molecule has 9 nitrogen and oxygen atoms in total. The van der Waals surface area contributed by atoms with Gasteiger partial charge in [0.25, 0.3) is 0 Å². The lowest BCUT2D eigenvalue weighted by Crippen LogP contribution is -2.51. The summed E-state index contributed by atoms with van der Waals surface area (Å²) < 4.78 is 25.3. The van der Waals surface area contributed by atoms with Gasteiger partial charge < -0.3 is 29.9 Å². The van der Waals surface area contributed by atoms with E-state index in [9.17, 15) is 9.18 Å². The highest BCUT2D eigenvalue weighted by molar-refractivity contribution is 6.30. The Morgan fingerprint density at radius 3 is 2.91 bits per heavy atom. The minimum atomic E-state index is -0.532. The van der Waals surface area contributed by atoms with E-state index in [0.717, 1.165) is 37.3 Å². The fourth-order valence-corrected chi connectivity index (χ4v) is 4.88. The molecule has 5 rings (SSSR count). The number of aromatic nitrogens is 2. The number of hydrogen-bond donors (Lipinski definition) is 2. The van der Waals surface area contributed by atoms with Crippen LogP contribution in [0, 0.1) is 5.82 Å². The van der Waals surface area contributed by atoms with E-state index in [1.807, 2.05) is 13.2 Å². The van der Waals surface area contributed by atoms with E-state index in [2.05, 4.69) is 20.5 Å². The molecule has 3 aliphatic rings. The number of urea groups is 1. The van der Waals surface area contributed by atoms with Crippen LogP contribution in [0.5, 0.6) is 5.75 Å². The summed E-state index contributed by atoms with van der Waals surface area (Å²) in [6.07, 6.45) is 4.11. The molecular formula is C24H30ClFN6O3. The number of benzene rings is 1. The molecule has 0 aliphatic carbocycles. The summed E-state index contributed by atoms with van der Waals surface area (Å²) >= 11 is 5.78. The second kappa shape index (κ2) is 10.5. The van der Waals surface area contributed by atoms with Crippen molar-refractivity contribution in [3.8, 4) is 5.75 Å². The predicted octanol–water partition coefficient (Wildman–Crippen LogP) is 2.69. The molecule has 0 spiro atoms. The molecule has 0 bridgehead atoms. The van der Waals surface area contributed by atoms with Gasteiger partial charge in [-0.25, -0.2) is 19.2 Å². The van der Waals surface area contributed by atoms with Gasteiger partial charge in [-0.15, -0.1) is 0 Å². The second-order valence-corrected chi connectivity index (χ2v) is 9.78. The first-order chi connectivity index (χ1) is 16.9. The molecule has 0 radical (unpaired) electrons. The minimum absolute atomic E-state index is 0.0473. The molecule has 3 aliphatic heterocycles. The van der Waals surface area contributed by atoms with E-state index in [1.165, 1.54) is 12.1 Å². The average Bonchev–Trinajstić information content (AvgIpc) is 3.19. The van der Waals surface area contributed by atoms with E-state index in [1.54, 1.807) is 11.0 Å². The van der Waals surface area contributed by atoms with E-state index < -0.39 is 5.82 Å². The highest BCUT2D eigenvalue weighted by Gasteiger charge is 2.35. The van der Waals surface area contributed by atoms with Crippen molar-refractivity contribution in [2.75, 3.05) is 45.2 Å². The number of likely N-dealkylation sites (N-methyl/N-ethyl adjacent to an activating group) is 1. The maximum Gasteiger partial charge on any atom is 0.318 e. The van der Waals surface area contributed by atoms with Crippen molar-refractivity contribution in [1.29, 1.82) is 0 Å². The Morgan fingerprint density at radius 2 is 2.11 bits per heavy atom. The number of fused-ring (bicyclic) bond motifs is 1. The van der Waals surface area contributed by atoms with Gasteiger partial charge in [0, 0.05) is 51.2 Å². The maximum absolute atomic E-state index is 13.8. The van der Waals surface area contributed by atoms with Crippen LogP contribution in [-0.2, 0) is 17.7 Å². The number of nitrogens with zero attached hydrogens (tertiary/aromatic N) is 4. The third-order valence-electron chi connectivity index (χ3n) is 6.72. The molecule has 1 aromatic carbocycles. The number of nitrogens with one attached hydrogen (secondary N) is 2. The Hall–Kier alpha value is -2.69. The topological polar surface area (TPSA) is 91.9 Å². The lowest BCUT2D eigenvalue weighted by Gasteiger charge is -2.31. The third-order valence-corrected chi connectivity index (χ3v) is 7.03. The largest absolute Gasteiger partial charge is 0.487 e. The highest BCUT2D eigenvalue weighted by Crippen LogP contribution is 2.24. The Kier molecular flexibility index (Phi) is 7.22. The van der Waals surface area contributed by atoms with Crippen molar-refractivity contribution >= 4 is 23.6 Å². The molecule has 4 heterocycles. The average molecular weight is 505 g/mol. The SMILES string of the molecule is CN1C[C@H](Oc2ccc(Cl)c(F)c2)[C@H](NC(=O)N2CCc3cnc(NC4CCOCC4)nc3C2)C1. The number of ether oxygens (including phenoxy) is 2. The quantitative estimate of drug-likeness (QED) is 0.647. The monoisotopic (exact) mass is 504 g/mol. The highest BCUT2D eigenvalue weighted by atomic mass is 35.5. The van der Waals surface area contributed by atoms with E-state index >= 15 is 0 Å². The molecule has 188 valence electrons. The van der Waals surface area contributed by atoms with E-state index in [4.69, 9.17) is 26.1 Å². The lowest BCUT2D eigenvalue weighted by atomic mass is 10.1. The van der Waals surface area contributed by atoms with Crippen molar-refractivity contribution in [2.24, 2.45) is 0 Å². The Labute approximate surface area is 208 Å². The molecule has 11 heteroatoms. The minimum Gasteiger partial charge on any atom is -0.487 e. The zero-order chi connectivity index (χ0) is 24.4. The van der Waals surface area contributed by atoms with Crippen LogP contribution in [0.25, 0.3) is 0 Å². The third kappa shape index (κ3) is 5.76. The smallest absolute Gasteiger partial charge is 0.318 e. The van der Waals surface area contributed by atoms with Gasteiger partial charge in [-0.05, 0) is 44.0 Å². The summed E-state index contributed by atoms with van der Waals surface area (Å²) in [6, 6.07) is 4.28. The number of anilines is 1. The molecule has 2 aromatic rings. The number of rotatable bonds is 5. The number of amides is 2. The summed E-state index contributed by atoms with van der Waals surface area (Å²) in [5.74, 6) is 0.453. The summed E-state index contributed by atoms with van der Waals surface area (Å²) in [4.78, 5) is 26.2. The first-order valence-electron chi connectivity index (χ1n) is 12.0. The molecule has 2 atom stereocenters. The first kappa shape index (κ1) is 24.0. The molecule has 2 amide bonds. The van der Waals surface area contributed by atoms with Gasteiger partial charge in [0.2, 0.25) is 5.95 Å². The molecule has 35 heavy (non-hydrogen) atoms. The lowest BCUT2D eigenvalue weighted by molar-refractivity contribution is 0.0903. The van der Waals surface area contributed by atoms with Gasteiger partial charge in [-0.2, -0.15) is 0 Å². The van der Waals surface area contributed by atoms with Gasteiger partial charge in [0.1, 0.15) is 17.7 Å². The van der Waals surface area contributed by atoms with Crippen LogP contribution >= 0.6 is 11.6 Å². The molecule has 2 saturated heterocycles. The van der Waals surface area contributed by atoms with Gasteiger partial charge in [0.05, 0.1) is 23.3 Å². The number of halogens is 2. The molecule has 2 fully saturated rings. The number of carbonyl (C=O) groups is 1. The Balaban J connectivity index is 1.21. The molecule has 1 aromatic heterocycles. The zero-order valence-corrected chi connectivity index (χ0v) is 20.4. The van der Waals surface area contributed by atoms with Crippen LogP contribution in [0.1, 0.15) is 24.1 Å². The van der Waals surface area contributed by atoms with Gasteiger partial charge in [0.15, 0.2) is 0 Å². The number of carbonyl (C=O) groups excluding carboxylic acids is 1. The molecular weight excluding hydrogens is 475 g/mol. The zero-order valence-electron chi connectivity index (χ0n) is 19.7. The number of hydrogen-bond acceptors (Lipinski definition) is 7. The first-order valence-corrected chi connectivity index (χ1v) is 12.4. The fourth-order valence-electron chi connectivity index (χ4n) is 4.77. The second-order valence-electron chi connectivity index (χ2n) is 9.38. The summed E-state index contributed by atoms with van der Waals surface area (Å²) in [5.41, 5.74) is 1.93. The Bertz CT molecular complexity index is 1070.